The summed E-state index contributed by atoms with van der Waals surface area (Å²) in [7, 11) is 0. The molecular weight excluding hydrogens is 436 g/mol. The molecule has 1 aliphatic rings. The highest BCUT2D eigenvalue weighted by molar-refractivity contribution is 7.13. The number of aryl methyl sites for hydroxylation is 2. The van der Waals surface area contributed by atoms with Crippen LogP contribution in [0.5, 0.6) is 0 Å². The molecule has 2 aromatic carbocycles. The number of thiazole rings is 1. The van der Waals surface area contributed by atoms with E-state index in [-0.39, 0.29) is 16.6 Å². The maximum Gasteiger partial charge on any atom is 0.283 e. The average molecular weight is 453 g/mol. The fourth-order valence-corrected chi connectivity index (χ4v) is 4.00. The van der Waals surface area contributed by atoms with Crippen LogP contribution in [0.15, 0.2) is 64.6 Å². The van der Waals surface area contributed by atoms with E-state index in [1.807, 2.05) is 18.4 Å². The number of anilines is 3. The van der Waals surface area contributed by atoms with Crippen LogP contribution < -0.4 is 15.5 Å². The molecule has 0 atom stereocenters. The Labute approximate surface area is 187 Å². The molecule has 9 heteroatoms. The monoisotopic (exact) mass is 452 g/mol. The molecule has 4 rings (SSSR count). The Morgan fingerprint density at radius 1 is 1.06 bits per heavy atom. The molecule has 1 aromatic heterocycles. The van der Waals surface area contributed by atoms with Gasteiger partial charge in [-0.15, -0.1) is 11.3 Å². The van der Waals surface area contributed by atoms with Crippen LogP contribution in [-0.4, -0.2) is 22.7 Å². The summed E-state index contributed by atoms with van der Waals surface area (Å²) < 4.78 is 0. The zero-order valence-corrected chi connectivity index (χ0v) is 18.2. The van der Waals surface area contributed by atoms with E-state index in [2.05, 4.69) is 15.6 Å². The zero-order valence-electron chi connectivity index (χ0n) is 16.6. The van der Waals surface area contributed by atoms with Crippen molar-refractivity contribution in [2.75, 3.05) is 15.5 Å². The Kier molecular flexibility index (Phi) is 5.58. The largest absolute Gasteiger partial charge is 0.350 e. The predicted molar refractivity (Wildman–Crippen MR) is 121 cm³/mol. The molecule has 2 heterocycles. The number of hydrogen-bond donors (Lipinski definition) is 2. The number of para-hydroxylation sites is 1. The first-order valence-electron chi connectivity index (χ1n) is 9.30. The first kappa shape index (κ1) is 20.8. The number of nitrogens with zero attached hydrogens (tertiary/aromatic N) is 2. The van der Waals surface area contributed by atoms with Crippen LogP contribution >= 0.6 is 22.9 Å². The molecule has 0 aliphatic carbocycles. The fraction of sp³-hybridized carbons (Fsp3) is 0.0909. The first-order chi connectivity index (χ1) is 14.8. The molecule has 0 radical (unpaired) electrons. The molecule has 31 heavy (non-hydrogen) atoms. The molecular formula is C22H17ClN4O3S. The summed E-state index contributed by atoms with van der Waals surface area (Å²) in [6, 6.07) is 13.6. The smallest absolute Gasteiger partial charge is 0.283 e. The van der Waals surface area contributed by atoms with Gasteiger partial charge in [0.05, 0.1) is 11.4 Å². The standard InChI is InChI=1S/C22H17ClN4O3S/c1-12-6-3-4-9-16(12)27-20(29)17(23)18(21(27)30)25-15-8-5-7-14(10-15)19(28)26-22-24-13(2)11-31-22/h3-11,25H,1-2H3,(H,24,26,28). The van der Waals surface area contributed by atoms with Gasteiger partial charge in [-0.2, -0.15) is 0 Å². The molecule has 0 saturated heterocycles. The number of nitrogens with one attached hydrogen (secondary N) is 2. The summed E-state index contributed by atoms with van der Waals surface area (Å²) in [6.45, 7) is 3.65. The number of imide groups is 1. The van der Waals surface area contributed by atoms with Crippen LogP contribution in [-0.2, 0) is 9.59 Å². The third-order valence-corrected chi connectivity index (χ3v) is 5.84. The third kappa shape index (κ3) is 4.08. The fourth-order valence-electron chi connectivity index (χ4n) is 3.11. The van der Waals surface area contributed by atoms with Crippen molar-refractivity contribution < 1.29 is 14.4 Å². The number of amides is 3. The number of halogens is 1. The highest BCUT2D eigenvalue weighted by Crippen LogP contribution is 2.32. The summed E-state index contributed by atoms with van der Waals surface area (Å²) in [4.78, 5) is 43.4. The molecule has 0 saturated carbocycles. The molecule has 0 bridgehead atoms. The van der Waals surface area contributed by atoms with Gasteiger partial charge < -0.3 is 5.32 Å². The highest BCUT2D eigenvalue weighted by atomic mass is 35.5. The van der Waals surface area contributed by atoms with Crippen molar-refractivity contribution in [1.82, 2.24) is 4.98 Å². The lowest BCUT2D eigenvalue weighted by Gasteiger charge is -2.17. The van der Waals surface area contributed by atoms with Crippen LogP contribution in [0.4, 0.5) is 16.5 Å². The molecule has 0 unspecified atom stereocenters. The summed E-state index contributed by atoms with van der Waals surface area (Å²) >= 11 is 7.53. The van der Waals surface area contributed by atoms with Crippen molar-refractivity contribution >= 4 is 57.2 Å². The van der Waals surface area contributed by atoms with E-state index >= 15 is 0 Å². The molecule has 0 fully saturated rings. The van der Waals surface area contributed by atoms with Crippen LogP contribution in [0.3, 0.4) is 0 Å². The Morgan fingerprint density at radius 3 is 2.55 bits per heavy atom. The van der Waals surface area contributed by atoms with Gasteiger partial charge in [-0.3, -0.25) is 19.7 Å². The number of carbonyl (C=O) groups excluding carboxylic acids is 3. The van der Waals surface area contributed by atoms with Gasteiger partial charge in [-0.1, -0.05) is 35.9 Å². The van der Waals surface area contributed by atoms with Gasteiger partial charge in [0, 0.05) is 16.6 Å². The van der Waals surface area contributed by atoms with Crippen molar-refractivity contribution in [1.29, 1.82) is 0 Å². The Balaban J connectivity index is 1.56. The molecule has 3 aromatic rings. The number of hydrogen-bond acceptors (Lipinski definition) is 6. The summed E-state index contributed by atoms with van der Waals surface area (Å²) in [5.74, 6) is -1.50. The van der Waals surface area contributed by atoms with Gasteiger partial charge in [0.25, 0.3) is 17.7 Å². The second kappa shape index (κ2) is 8.33. The number of rotatable bonds is 5. The summed E-state index contributed by atoms with van der Waals surface area (Å²) in [5, 5.41) is 7.76. The van der Waals surface area contributed by atoms with E-state index in [4.69, 9.17) is 11.6 Å². The van der Waals surface area contributed by atoms with E-state index in [0.29, 0.717) is 22.1 Å². The van der Waals surface area contributed by atoms with E-state index in [1.54, 1.807) is 49.4 Å². The number of benzene rings is 2. The first-order valence-corrected chi connectivity index (χ1v) is 10.6. The van der Waals surface area contributed by atoms with Crippen molar-refractivity contribution in [3.8, 4) is 0 Å². The molecule has 156 valence electrons. The lowest BCUT2D eigenvalue weighted by Crippen LogP contribution is -2.32. The lowest BCUT2D eigenvalue weighted by atomic mass is 10.2. The van der Waals surface area contributed by atoms with Gasteiger partial charge in [-0.05, 0) is 43.7 Å². The van der Waals surface area contributed by atoms with E-state index in [0.717, 1.165) is 16.2 Å². The molecule has 3 amide bonds. The Morgan fingerprint density at radius 2 is 1.84 bits per heavy atom. The molecule has 2 N–H and O–H groups in total. The number of carbonyl (C=O) groups is 3. The van der Waals surface area contributed by atoms with Crippen molar-refractivity contribution in [2.24, 2.45) is 0 Å². The van der Waals surface area contributed by atoms with E-state index in [9.17, 15) is 14.4 Å². The van der Waals surface area contributed by atoms with Gasteiger partial charge >= 0.3 is 0 Å². The quantitative estimate of drug-likeness (QED) is 0.558. The maximum atomic E-state index is 13.0. The number of aromatic nitrogens is 1. The maximum absolute atomic E-state index is 13.0. The van der Waals surface area contributed by atoms with Crippen molar-refractivity contribution in [3.05, 3.63) is 81.5 Å². The summed E-state index contributed by atoms with van der Waals surface area (Å²) in [6.07, 6.45) is 0. The SMILES string of the molecule is Cc1csc(NC(=O)c2cccc(NC3=C(Cl)C(=O)N(c4ccccc4C)C3=O)c2)n1. The average Bonchev–Trinajstić information content (AvgIpc) is 3.25. The minimum absolute atomic E-state index is 0.0389. The second-order valence-electron chi connectivity index (χ2n) is 6.88. The van der Waals surface area contributed by atoms with Gasteiger partial charge in [0.15, 0.2) is 5.13 Å². The van der Waals surface area contributed by atoms with Gasteiger partial charge in [0.2, 0.25) is 0 Å². The lowest BCUT2D eigenvalue weighted by molar-refractivity contribution is -0.120. The molecule has 1 aliphatic heterocycles. The van der Waals surface area contributed by atoms with Gasteiger partial charge in [0.1, 0.15) is 10.7 Å². The molecule has 7 nitrogen and oxygen atoms in total. The van der Waals surface area contributed by atoms with Gasteiger partial charge in [-0.25, -0.2) is 9.88 Å². The highest BCUT2D eigenvalue weighted by Gasteiger charge is 2.39. The predicted octanol–water partition coefficient (Wildman–Crippen LogP) is 4.45. The minimum Gasteiger partial charge on any atom is -0.350 e. The van der Waals surface area contributed by atoms with Crippen LogP contribution in [0, 0.1) is 13.8 Å². The molecule has 0 spiro atoms. The van der Waals surface area contributed by atoms with E-state index in [1.165, 1.54) is 11.3 Å². The summed E-state index contributed by atoms with van der Waals surface area (Å²) in [5.41, 5.74) is 2.83. The van der Waals surface area contributed by atoms with Crippen molar-refractivity contribution in [3.63, 3.8) is 0 Å². The van der Waals surface area contributed by atoms with Crippen LogP contribution in [0.1, 0.15) is 21.6 Å². The second-order valence-corrected chi connectivity index (χ2v) is 8.11. The normalized spacial score (nSPS) is 13.7. The van der Waals surface area contributed by atoms with Crippen LogP contribution in [0.25, 0.3) is 0 Å². The third-order valence-electron chi connectivity index (χ3n) is 4.62. The minimum atomic E-state index is -0.600. The van der Waals surface area contributed by atoms with Crippen LogP contribution in [0.2, 0.25) is 0 Å². The van der Waals surface area contributed by atoms with Crippen molar-refractivity contribution in [2.45, 2.75) is 13.8 Å². The Hall–Kier alpha value is -3.49. The topological polar surface area (TPSA) is 91.4 Å². The van der Waals surface area contributed by atoms with E-state index < -0.39 is 11.8 Å². The Bertz CT molecular complexity index is 1250. The zero-order chi connectivity index (χ0) is 22.1.